The molecule has 23 heavy (non-hydrogen) atoms. The first-order valence-corrected chi connectivity index (χ1v) is 7.98. The molecule has 0 radical (unpaired) electrons. The smallest absolute Gasteiger partial charge is 0.316 e. The molecule has 1 atom stereocenters. The van der Waals surface area contributed by atoms with Gasteiger partial charge in [-0.1, -0.05) is 42.5 Å². The van der Waals surface area contributed by atoms with Crippen LogP contribution in [0.25, 0.3) is 11.1 Å². The van der Waals surface area contributed by atoms with Gasteiger partial charge in [-0.25, -0.2) is 0 Å². The highest BCUT2D eigenvalue weighted by atomic mass is 79.9. The number of carboxylic acids is 1. The van der Waals surface area contributed by atoms with Crippen LogP contribution in [-0.4, -0.2) is 21.9 Å². The van der Waals surface area contributed by atoms with Gasteiger partial charge in [-0.2, -0.15) is 0 Å². The van der Waals surface area contributed by atoms with Crippen molar-refractivity contribution in [3.8, 4) is 16.9 Å². The molecule has 0 bridgehead atoms. The van der Waals surface area contributed by atoms with Crippen molar-refractivity contribution in [3.05, 3.63) is 54.6 Å². The molecule has 2 rings (SSSR count). The third kappa shape index (κ3) is 3.99. The lowest BCUT2D eigenvalue weighted by Crippen LogP contribution is -2.40. The molecule has 0 saturated carbocycles. The third-order valence-electron chi connectivity index (χ3n) is 3.56. The zero-order chi connectivity index (χ0) is 17.0. The second kappa shape index (κ2) is 6.96. The summed E-state index contributed by atoms with van der Waals surface area (Å²) >= 11 is 3.11. The summed E-state index contributed by atoms with van der Waals surface area (Å²) in [6.07, 6.45) is 0. The van der Waals surface area contributed by atoms with Gasteiger partial charge in [-0.05, 0) is 53.0 Å². The number of carboxylic acid groups (broad SMARTS) is 1. The number of ketones is 1. The van der Waals surface area contributed by atoms with Crippen LogP contribution in [0, 0.1) is 5.41 Å². The van der Waals surface area contributed by atoms with E-state index in [0.717, 1.165) is 11.1 Å². The SMILES string of the molecule is CC(C)(C(=O)O)C(=O)C(Br)Oc1ccc(-c2ccccc2)cc1. The van der Waals surface area contributed by atoms with Crippen molar-refractivity contribution in [2.75, 3.05) is 0 Å². The molecule has 1 unspecified atom stereocenters. The number of alkyl halides is 1. The van der Waals surface area contributed by atoms with Gasteiger partial charge in [0, 0.05) is 0 Å². The summed E-state index contributed by atoms with van der Waals surface area (Å²) in [5.41, 5.74) is 0.594. The molecular weight excluding hydrogens is 360 g/mol. The van der Waals surface area contributed by atoms with Gasteiger partial charge in [0.2, 0.25) is 10.8 Å². The van der Waals surface area contributed by atoms with Crippen molar-refractivity contribution in [1.82, 2.24) is 0 Å². The van der Waals surface area contributed by atoms with Crippen LogP contribution >= 0.6 is 15.9 Å². The summed E-state index contributed by atoms with van der Waals surface area (Å²) in [6.45, 7) is 2.71. The highest BCUT2D eigenvalue weighted by Gasteiger charge is 2.40. The summed E-state index contributed by atoms with van der Waals surface area (Å²) < 4.78 is 5.51. The van der Waals surface area contributed by atoms with Gasteiger partial charge < -0.3 is 9.84 Å². The van der Waals surface area contributed by atoms with Crippen LogP contribution in [0.5, 0.6) is 5.75 Å². The molecule has 5 heteroatoms. The summed E-state index contributed by atoms with van der Waals surface area (Å²) in [4.78, 5) is 23.3. The Hall–Kier alpha value is -2.14. The average Bonchev–Trinajstić information content (AvgIpc) is 2.55. The topological polar surface area (TPSA) is 63.6 Å². The maximum absolute atomic E-state index is 12.1. The van der Waals surface area contributed by atoms with E-state index in [4.69, 9.17) is 9.84 Å². The monoisotopic (exact) mass is 376 g/mol. The molecule has 0 fully saturated rings. The zero-order valence-electron chi connectivity index (χ0n) is 12.8. The van der Waals surface area contributed by atoms with Crippen molar-refractivity contribution in [1.29, 1.82) is 0 Å². The van der Waals surface area contributed by atoms with Crippen molar-refractivity contribution in [2.45, 2.75) is 18.9 Å². The van der Waals surface area contributed by atoms with Crippen LogP contribution in [0.4, 0.5) is 0 Å². The van der Waals surface area contributed by atoms with E-state index in [0.29, 0.717) is 5.75 Å². The van der Waals surface area contributed by atoms with Crippen molar-refractivity contribution in [2.24, 2.45) is 5.41 Å². The van der Waals surface area contributed by atoms with Gasteiger partial charge in [0.05, 0.1) is 0 Å². The van der Waals surface area contributed by atoms with Crippen molar-refractivity contribution in [3.63, 3.8) is 0 Å². The summed E-state index contributed by atoms with van der Waals surface area (Å²) in [6, 6.07) is 17.1. The van der Waals surface area contributed by atoms with E-state index in [9.17, 15) is 9.59 Å². The van der Waals surface area contributed by atoms with E-state index in [1.54, 1.807) is 12.1 Å². The fourth-order valence-corrected chi connectivity index (χ4v) is 2.71. The van der Waals surface area contributed by atoms with Crippen LogP contribution in [0.1, 0.15) is 13.8 Å². The van der Waals surface area contributed by atoms with Crippen LogP contribution in [0.15, 0.2) is 54.6 Å². The maximum atomic E-state index is 12.1. The number of carbonyl (C=O) groups excluding carboxylic acids is 1. The van der Waals surface area contributed by atoms with Crippen molar-refractivity contribution < 1.29 is 19.4 Å². The Morgan fingerprint density at radius 1 is 1.00 bits per heavy atom. The molecule has 0 aliphatic carbocycles. The van der Waals surface area contributed by atoms with E-state index in [-0.39, 0.29) is 0 Å². The fraction of sp³-hybridized carbons (Fsp3) is 0.222. The van der Waals surface area contributed by atoms with Crippen molar-refractivity contribution >= 4 is 27.7 Å². The minimum absolute atomic E-state index is 0.487. The van der Waals surface area contributed by atoms with Gasteiger partial charge in [-0.3, -0.25) is 9.59 Å². The number of aliphatic carboxylic acids is 1. The molecule has 2 aromatic rings. The molecule has 0 heterocycles. The van der Waals surface area contributed by atoms with Gasteiger partial charge in [0.15, 0.2) is 0 Å². The van der Waals surface area contributed by atoms with Crippen LogP contribution in [0.2, 0.25) is 0 Å². The van der Waals surface area contributed by atoms with Crippen LogP contribution in [-0.2, 0) is 9.59 Å². The largest absolute Gasteiger partial charge is 0.481 e. The summed E-state index contributed by atoms with van der Waals surface area (Å²) in [7, 11) is 0. The second-order valence-electron chi connectivity index (χ2n) is 5.62. The number of hydrogen-bond acceptors (Lipinski definition) is 3. The highest BCUT2D eigenvalue weighted by molar-refractivity contribution is 9.09. The third-order valence-corrected chi connectivity index (χ3v) is 4.16. The highest BCUT2D eigenvalue weighted by Crippen LogP contribution is 2.27. The van der Waals surface area contributed by atoms with E-state index < -0.39 is 22.2 Å². The number of carbonyl (C=O) groups is 2. The quantitative estimate of drug-likeness (QED) is 0.607. The number of halogens is 1. The van der Waals surface area contributed by atoms with Gasteiger partial charge in [0.25, 0.3) is 0 Å². The normalized spacial score (nSPS) is 12.5. The summed E-state index contributed by atoms with van der Waals surface area (Å²) in [5, 5.41) is 8.07. The molecule has 0 aromatic heterocycles. The Labute approximate surface area is 143 Å². The van der Waals surface area contributed by atoms with E-state index >= 15 is 0 Å². The number of ether oxygens (including phenoxy) is 1. The predicted octanol–water partition coefficient (Wildman–Crippen LogP) is 4.13. The molecule has 4 nitrogen and oxygen atoms in total. The van der Waals surface area contributed by atoms with E-state index in [1.165, 1.54) is 13.8 Å². The molecule has 2 aromatic carbocycles. The standard InChI is InChI=1S/C18H17BrO4/c1-18(2,17(21)22)15(20)16(19)23-14-10-8-13(9-11-14)12-6-4-3-5-7-12/h3-11,16H,1-2H3,(H,21,22). The number of benzene rings is 2. The molecule has 0 spiro atoms. The zero-order valence-corrected chi connectivity index (χ0v) is 14.4. The number of rotatable bonds is 6. The molecule has 120 valence electrons. The van der Waals surface area contributed by atoms with E-state index in [2.05, 4.69) is 15.9 Å². The lowest BCUT2D eigenvalue weighted by atomic mass is 9.89. The molecular formula is C18H17BrO4. The summed E-state index contributed by atoms with van der Waals surface area (Å²) in [5.74, 6) is -1.24. The minimum atomic E-state index is -1.52. The van der Waals surface area contributed by atoms with Crippen LogP contribution in [0.3, 0.4) is 0 Å². The lowest BCUT2D eigenvalue weighted by Gasteiger charge is -2.21. The fourth-order valence-electron chi connectivity index (χ4n) is 1.92. The average molecular weight is 377 g/mol. The Morgan fingerprint density at radius 3 is 2.04 bits per heavy atom. The first-order valence-electron chi connectivity index (χ1n) is 7.06. The minimum Gasteiger partial charge on any atom is -0.481 e. The molecule has 0 amide bonds. The Morgan fingerprint density at radius 2 is 1.52 bits per heavy atom. The Bertz CT molecular complexity index is 693. The molecule has 0 aliphatic rings. The van der Waals surface area contributed by atoms with Crippen LogP contribution < -0.4 is 4.74 Å². The number of hydrogen-bond donors (Lipinski definition) is 1. The first kappa shape index (κ1) is 17.2. The van der Waals surface area contributed by atoms with Gasteiger partial charge in [0.1, 0.15) is 11.2 Å². The molecule has 0 saturated heterocycles. The van der Waals surface area contributed by atoms with Gasteiger partial charge >= 0.3 is 5.97 Å². The number of Topliss-reactive ketones (excluding diaryl/α,β-unsaturated/α-hetero) is 1. The van der Waals surface area contributed by atoms with E-state index in [1.807, 2.05) is 42.5 Å². The predicted molar refractivity (Wildman–Crippen MR) is 91.6 cm³/mol. The molecule has 0 aliphatic heterocycles. The second-order valence-corrected chi connectivity index (χ2v) is 6.45. The first-order chi connectivity index (χ1) is 10.8. The maximum Gasteiger partial charge on any atom is 0.316 e. The van der Waals surface area contributed by atoms with Gasteiger partial charge in [-0.15, -0.1) is 0 Å². The Balaban J connectivity index is 2.09. The molecule has 1 N–H and O–H groups in total. The lowest BCUT2D eigenvalue weighted by molar-refractivity contribution is -0.153. The Kier molecular flexibility index (Phi) is 5.21.